The first-order valence-corrected chi connectivity index (χ1v) is 9.48. The molecule has 0 amide bonds. The Morgan fingerprint density at radius 1 is 0.786 bits per heavy atom. The van der Waals surface area contributed by atoms with E-state index >= 15 is 0 Å². The second-order valence-electron chi connectivity index (χ2n) is 9.84. The average Bonchev–Trinajstić information content (AvgIpc) is 3.29. The fourth-order valence-corrected chi connectivity index (χ4v) is 2.26. The first-order chi connectivity index (χ1) is 12.7. The summed E-state index contributed by atoms with van der Waals surface area (Å²) < 4.78 is 12.2. The molecule has 0 aliphatic rings. The Balaban J connectivity index is 0.000000210. The van der Waals surface area contributed by atoms with Crippen LogP contribution in [0, 0.1) is 0 Å². The van der Waals surface area contributed by atoms with Gasteiger partial charge in [-0.05, 0) is 0 Å². The van der Waals surface area contributed by atoms with Gasteiger partial charge in [0, 0.05) is 35.2 Å². The zero-order chi connectivity index (χ0) is 21.6. The summed E-state index contributed by atoms with van der Waals surface area (Å²) in [6, 6.07) is 0. The molecule has 0 aliphatic carbocycles. The van der Waals surface area contributed by atoms with Gasteiger partial charge in [-0.25, -0.2) is 15.0 Å². The number of hydrogen-bond acceptors (Lipinski definition) is 5. The Morgan fingerprint density at radius 2 is 1.43 bits per heavy atom. The van der Waals surface area contributed by atoms with E-state index in [0.717, 1.165) is 11.7 Å². The van der Waals surface area contributed by atoms with E-state index in [2.05, 4.69) is 81.8 Å². The van der Waals surface area contributed by atoms with E-state index in [0.29, 0.717) is 0 Å². The molecular weight excluding hydrogens is 352 g/mol. The summed E-state index contributed by atoms with van der Waals surface area (Å²) in [7, 11) is 2.02. The van der Waals surface area contributed by atoms with Gasteiger partial charge in [0.15, 0.2) is 12.3 Å². The zero-order valence-electron chi connectivity index (χ0n) is 19.1. The molecular formula is C22H36N4O2. The van der Waals surface area contributed by atoms with Gasteiger partial charge in [-0.2, -0.15) is 0 Å². The number of rotatable bonds is 0. The van der Waals surface area contributed by atoms with E-state index in [1.54, 1.807) is 18.7 Å². The SMILES string of the molecule is CC(C)(C)c1cnco1.CC(C)(C)c1ncco1.Cn1cncc1C(C)(C)C. The molecule has 3 aromatic rings. The fourth-order valence-electron chi connectivity index (χ4n) is 2.26. The van der Waals surface area contributed by atoms with Crippen LogP contribution in [0.1, 0.15) is 79.7 Å². The van der Waals surface area contributed by atoms with Crippen molar-refractivity contribution in [2.45, 2.75) is 78.6 Å². The van der Waals surface area contributed by atoms with Gasteiger partial charge < -0.3 is 13.4 Å². The number of oxazole rings is 2. The van der Waals surface area contributed by atoms with Crippen LogP contribution >= 0.6 is 0 Å². The maximum atomic E-state index is 5.09. The Labute approximate surface area is 169 Å². The normalized spacial score (nSPS) is 11.9. The molecule has 0 N–H and O–H groups in total. The van der Waals surface area contributed by atoms with Crippen molar-refractivity contribution in [1.29, 1.82) is 0 Å². The predicted molar refractivity (Wildman–Crippen MR) is 112 cm³/mol. The molecule has 3 aromatic heterocycles. The minimum absolute atomic E-state index is 0.0451. The van der Waals surface area contributed by atoms with Gasteiger partial charge in [-0.1, -0.05) is 62.3 Å². The Morgan fingerprint density at radius 3 is 1.64 bits per heavy atom. The molecule has 3 rings (SSSR count). The van der Waals surface area contributed by atoms with E-state index in [4.69, 9.17) is 8.83 Å². The minimum atomic E-state index is 0.0451. The Kier molecular flexibility index (Phi) is 7.79. The van der Waals surface area contributed by atoms with Crippen molar-refractivity contribution >= 4 is 0 Å². The van der Waals surface area contributed by atoms with E-state index in [1.165, 1.54) is 12.1 Å². The van der Waals surface area contributed by atoms with Crippen LogP contribution in [0.2, 0.25) is 0 Å². The van der Waals surface area contributed by atoms with Crippen LogP contribution in [0.4, 0.5) is 0 Å². The summed E-state index contributed by atoms with van der Waals surface area (Å²) in [5, 5.41) is 0. The zero-order valence-corrected chi connectivity index (χ0v) is 19.1. The van der Waals surface area contributed by atoms with Gasteiger partial charge in [-0.15, -0.1) is 0 Å². The summed E-state index contributed by atoms with van der Waals surface area (Å²) in [5.41, 5.74) is 1.62. The Hall–Kier alpha value is -2.37. The van der Waals surface area contributed by atoms with E-state index in [9.17, 15) is 0 Å². The minimum Gasteiger partial charge on any atom is -0.448 e. The van der Waals surface area contributed by atoms with Crippen LogP contribution < -0.4 is 0 Å². The van der Waals surface area contributed by atoms with Crippen LogP contribution in [-0.2, 0) is 23.3 Å². The van der Waals surface area contributed by atoms with Crippen LogP contribution in [0.3, 0.4) is 0 Å². The molecule has 6 heteroatoms. The summed E-state index contributed by atoms with van der Waals surface area (Å²) in [6.07, 6.45) is 10.2. The maximum absolute atomic E-state index is 5.09. The highest BCUT2D eigenvalue weighted by atomic mass is 16.3. The van der Waals surface area contributed by atoms with Crippen molar-refractivity contribution < 1.29 is 8.83 Å². The molecule has 0 saturated carbocycles. The Bertz CT molecular complexity index is 737. The second kappa shape index (κ2) is 9.22. The molecule has 3 heterocycles. The van der Waals surface area contributed by atoms with E-state index in [-0.39, 0.29) is 16.2 Å². The van der Waals surface area contributed by atoms with Crippen LogP contribution in [-0.4, -0.2) is 19.5 Å². The van der Waals surface area contributed by atoms with Crippen molar-refractivity contribution in [2.24, 2.45) is 7.05 Å². The summed E-state index contributed by atoms with van der Waals surface area (Å²) >= 11 is 0. The third-order valence-corrected chi connectivity index (χ3v) is 3.83. The lowest BCUT2D eigenvalue weighted by atomic mass is 9.93. The van der Waals surface area contributed by atoms with Crippen molar-refractivity contribution in [3.8, 4) is 0 Å². The fraction of sp³-hybridized carbons (Fsp3) is 0.591. The summed E-state index contributed by atoms with van der Waals surface area (Å²) in [4.78, 5) is 11.9. The first-order valence-electron chi connectivity index (χ1n) is 9.48. The molecule has 0 unspecified atom stereocenters. The van der Waals surface area contributed by atoms with Crippen molar-refractivity contribution in [1.82, 2.24) is 19.5 Å². The lowest BCUT2D eigenvalue weighted by Gasteiger charge is -2.18. The first kappa shape index (κ1) is 23.7. The standard InChI is InChI=1S/C8H14N2.2C7H11NO/c1-8(2,3)7-5-9-6-10(7)4;1-7(2,3)6-4-8-5-9-6;1-7(2,3)6-8-4-5-9-6/h5-6H,1-4H3;2*4-5H,1-3H3. The molecule has 0 atom stereocenters. The van der Waals surface area contributed by atoms with Crippen molar-refractivity contribution in [3.05, 3.63) is 54.9 Å². The molecule has 0 radical (unpaired) electrons. The van der Waals surface area contributed by atoms with Gasteiger partial charge in [-0.3, -0.25) is 0 Å². The van der Waals surface area contributed by atoms with Crippen molar-refractivity contribution in [2.75, 3.05) is 0 Å². The van der Waals surface area contributed by atoms with Gasteiger partial charge in [0.05, 0.1) is 18.7 Å². The average molecular weight is 389 g/mol. The number of nitrogens with zero attached hydrogens (tertiary/aromatic N) is 4. The monoisotopic (exact) mass is 388 g/mol. The largest absolute Gasteiger partial charge is 0.448 e. The highest BCUT2D eigenvalue weighted by molar-refractivity contribution is 5.09. The highest BCUT2D eigenvalue weighted by Crippen LogP contribution is 2.21. The molecule has 156 valence electrons. The highest BCUT2D eigenvalue weighted by Gasteiger charge is 2.18. The lowest BCUT2D eigenvalue weighted by molar-refractivity contribution is 0.392. The molecule has 0 bridgehead atoms. The lowest BCUT2D eigenvalue weighted by Crippen LogP contribution is -2.15. The molecule has 28 heavy (non-hydrogen) atoms. The molecule has 0 aliphatic heterocycles. The van der Waals surface area contributed by atoms with Crippen molar-refractivity contribution in [3.63, 3.8) is 0 Å². The number of aryl methyl sites for hydroxylation is 1. The molecule has 6 nitrogen and oxygen atoms in total. The topological polar surface area (TPSA) is 69.9 Å². The van der Waals surface area contributed by atoms with Gasteiger partial charge >= 0.3 is 0 Å². The molecule has 0 fully saturated rings. The van der Waals surface area contributed by atoms with Gasteiger partial charge in [0.2, 0.25) is 0 Å². The van der Waals surface area contributed by atoms with Gasteiger partial charge in [0.1, 0.15) is 12.0 Å². The molecule has 0 aromatic carbocycles. The van der Waals surface area contributed by atoms with Crippen LogP contribution in [0.25, 0.3) is 0 Å². The molecule has 0 saturated heterocycles. The smallest absolute Gasteiger partial charge is 0.199 e. The second-order valence-corrected chi connectivity index (χ2v) is 9.84. The van der Waals surface area contributed by atoms with Gasteiger partial charge in [0.25, 0.3) is 0 Å². The maximum Gasteiger partial charge on any atom is 0.199 e. The van der Waals surface area contributed by atoms with E-state index < -0.39 is 0 Å². The number of hydrogen-bond donors (Lipinski definition) is 0. The quantitative estimate of drug-likeness (QED) is 0.497. The van der Waals surface area contributed by atoms with Crippen LogP contribution in [0.15, 0.2) is 46.4 Å². The summed E-state index contributed by atoms with van der Waals surface area (Å²) in [6.45, 7) is 19.0. The van der Waals surface area contributed by atoms with Crippen LogP contribution in [0.5, 0.6) is 0 Å². The molecule has 0 spiro atoms. The number of aromatic nitrogens is 4. The number of imidazole rings is 1. The third kappa shape index (κ3) is 7.71. The predicted octanol–water partition coefficient (Wildman–Crippen LogP) is 5.66. The third-order valence-electron chi connectivity index (χ3n) is 3.83. The van der Waals surface area contributed by atoms with E-state index in [1.807, 2.05) is 19.6 Å². The summed E-state index contributed by atoms with van der Waals surface area (Å²) in [5.74, 6) is 1.73.